The molecule has 0 bridgehead atoms. The molecule has 19 heavy (non-hydrogen) atoms. The van der Waals surface area contributed by atoms with E-state index in [0.717, 1.165) is 16.9 Å². The molecular formula is C14H19NO3S. The first-order valence-corrected chi connectivity index (χ1v) is 7.16. The van der Waals surface area contributed by atoms with Gasteiger partial charge in [0.25, 0.3) is 0 Å². The molecule has 0 saturated heterocycles. The molecule has 5 heteroatoms. The Labute approximate surface area is 117 Å². The van der Waals surface area contributed by atoms with Crippen LogP contribution in [0.1, 0.15) is 30.2 Å². The Morgan fingerprint density at radius 2 is 2.37 bits per heavy atom. The monoisotopic (exact) mass is 281 g/mol. The van der Waals surface area contributed by atoms with Crippen molar-refractivity contribution in [2.45, 2.75) is 26.3 Å². The van der Waals surface area contributed by atoms with Crippen LogP contribution in [0, 0.1) is 11.8 Å². The predicted octanol–water partition coefficient (Wildman–Crippen LogP) is 1.52. The molecule has 0 aromatic carbocycles. The zero-order valence-corrected chi connectivity index (χ0v) is 11.9. The van der Waals surface area contributed by atoms with Gasteiger partial charge in [-0.25, -0.2) is 0 Å². The van der Waals surface area contributed by atoms with Crippen molar-refractivity contribution in [2.75, 3.05) is 19.8 Å². The van der Waals surface area contributed by atoms with E-state index < -0.39 is 0 Å². The van der Waals surface area contributed by atoms with Gasteiger partial charge in [-0.1, -0.05) is 18.8 Å². The summed E-state index contributed by atoms with van der Waals surface area (Å²) < 4.78 is 5.26. The Balaban J connectivity index is 2.32. The number of amides is 1. The van der Waals surface area contributed by atoms with Crippen LogP contribution >= 0.6 is 11.3 Å². The molecule has 0 aliphatic rings. The zero-order chi connectivity index (χ0) is 13.9. The summed E-state index contributed by atoms with van der Waals surface area (Å²) in [6.45, 7) is 3.50. The van der Waals surface area contributed by atoms with Crippen molar-refractivity contribution in [3.63, 3.8) is 0 Å². The number of hydrogen-bond acceptors (Lipinski definition) is 4. The second-order valence-electron chi connectivity index (χ2n) is 3.86. The molecule has 1 aromatic heterocycles. The third-order valence-corrected chi connectivity index (χ3v) is 3.24. The smallest absolute Gasteiger partial charge is 0.222 e. The summed E-state index contributed by atoms with van der Waals surface area (Å²) in [4.78, 5) is 12.6. The van der Waals surface area contributed by atoms with E-state index in [2.05, 4.69) is 17.2 Å². The van der Waals surface area contributed by atoms with E-state index in [0.29, 0.717) is 26.2 Å². The van der Waals surface area contributed by atoms with Crippen molar-refractivity contribution in [2.24, 2.45) is 0 Å². The minimum Gasteiger partial charge on any atom is -0.384 e. The first-order chi connectivity index (χ1) is 9.27. The van der Waals surface area contributed by atoms with E-state index in [1.807, 2.05) is 18.4 Å². The standard InChI is InChI=1S/C14H19NO3S/c1-2-8-18-9-5-14(17)15-11-13-12(4-3-7-16)6-10-19-13/h6,10,16H,2,5,7-9,11H2,1H3,(H,15,17). The number of nitrogens with one attached hydrogen (secondary N) is 1. The molecule has 1 amide bonds. The molecule has 2 N–H and O–H groups in total. The van der Waals surface area contributed by atoms with Gasteiger partial charge in [-0.2, -0.15) is 0 Å². The largest absolute Gasteiger partial charge is 0.384 e. The number of carbonyl (C=O) groups is 1. The molecule has 0 spiro atoms. The lowest BCUT2D eigenvalue weighted by atomic mass is 10.2. The molecule has 0 radical (unpaired) electrons. The third-order valence-electron chi connectivity index (χ3n) is 2.32. The van der Waals surface area contributed by atoms with E-state index in [4.69, 9.17) is 9.84 Å². The number of aliphatic hydroxyl groups excluding tert-OH is 1. The molecular weight excluding hydrogens is 262 g/mol. The molecule has 0 saturated carbocycles. The summed E-state index contributed by atoms with van der Waals surface area (Å²) in [6.07, 6.45) is 1.34. The molecule has 1 heterocycles. The molecule has 1 rings (SSSR count). The minimum atomic E-state index is -0.156. The summed E-state index contributed by atoms with van der Waals surface area (Å²) in [5.74, 6) is 5.44. The highest BCUT2D eigenvalue weighted by atomic mass is 32.1. The highest BCUT2D eigenvalue weighted by Crippen LogP contribution is 2.15. The minimum absolute atomic E-state index is 0.0226. The van der Waals surface area contributed by atoms with Crippen LogP contribution in [0.2, 0.25) is 0 Å². The van der Waals surface area contributed by atoms with Gasteiger partial charge >= 0.3 is 0 Å². The van der Waals surface area contributed by atoms with E-state index in [9.17, 15) is 4.79 Å². The molecule has 4 nitrogen and oxygen atoms in total. The Hall–Kier alpha value is -1.35. The molecule has 0 atom stereocenters. The summed E-state index contributed by atoms with van der Waals surface area (Å²) in [6, 6.07) is 1.89. The van der Waals surface area contributed by atoms with Crippen LogP contribution in [0.3, 0.4) is 0 Å². The number of aliphatic hydroxyl groups is 1. The Morgan fingerprint density at radius 3 is 3.11 bits per heavy atom. The van der Waals surface area contributed by atoms with Gasteiger partial charge in [0.1, 0.15) is 6.61 Å². The van der Waals surface area contributed by atoms with Gasteiger partial charge in [-0.3, -0.25) is 4.79 Å². The van der Waals surface area contributed by atoms with Gasteiger partial charge in [-0.05, 0) is 17.9 Å². The van der Waals surface area contributed by atoms with Gasteiger partial charge in [0.2, 0.25) is 5.91 Å². The van der Waals surface area contributed by atoms with Crippen LogP contribution in [-0.2, 0) is 16.1 Å². The Morgan fingerprint density at radius 1 is 1.53 bits per heavy atom. The highest BCUT2D eigenvalue weighted by Gasteiger charge is 2.05. The van der Waals surface area contributed by atoms with Gasteiger partial charge in [-0.15, -0.1) is 11.3 Å². The number of thiophene rings is 1. The molecule has 104 valence electrons. The third kappa shape index (κ3) is 6.39. The predicted molar refractivity (Wildman–Crippen MR) is 75.9 cm³/mol. The van der Waals surface area contributed by atoms with E-state index in [-0.39, 0.29) is 12.5 Å². The van der Waals surface area contributed by atoms with Crippen LogP contribution in [0.25, 0.3) is 0 Å². The van der Waals surface area contributed by atoms with Crippen LogP contribution in [-0.4, -0.2) is 30.8 Å². The van der Waals surface area contributed by atoms with Gasteiger partial charge < -0.3 is 15.2 Å². The normalized spacial score (nSPS) is 9.79. The number of rotatable bonds is 7. The number of ether oxygens (including phenoxy) is 1. The van der Waals surface area contributed by atoms with Crippen LogP contribution in [0.5, 0.6) is 0 Å². The fourth-order valence-corrected chi connectivity index (χ4v) is 2.17. The van der Waals surface area contributed by atoms with Gasteiger partial charge in [0.05, 0.1) is 13.2 Å². The lowest BCUT2D eigenvalue weighted by Gasteiger charge is -2.05. The lowest BCUT2D eigenvalue weighted by molar-refractivity contribution is -0.122. The number of carbonyl (C=O) groups excluding carboxylic acids is 1. The van der Waals surface area contributed by atoms with Crippen molar-refractivity contribution >= 4 is 17.2 Å². The Kier molecular flexibility index (Phi) is 7.91. The summed E-state index contributed by atoms with van der Waals surface area (Å²) in [7, 11) is 0. The van der Waals surface area contributed by atoms with Crippen molar-refractivity contribution in [3.05, 3.63) is 21.9 Å². The SMILES string of the molecule is CCCOCCC(=O)NCc1sccc1C#CCO. The van der Waals surface area contributed by atoms with E-state index in [1.54, 1.807) is 11.3 Å². The van der Waals surface area contributed by atoms with E-state index in [1.165, 1.54) is 0 Å². The average molecular weight is 281 g/mol. The van der Waals surface area contributed by atoms with E-state index >= 15 is 0 Å². The summed E-state index contributed by atoms with van der Waals surface area (Å²) in [5, 5.41) is 13.4. The van der Waals surface area contributed by atoms with Crippen LogP contribution in [0.4, 0.5) is 0 Å². The second kappa shape index (κ2) is 9.56. The zero-order valence-electron chi connectivity index (χ0n) is 11.1. The molecule has 0 fully saturated rings. The molecule has 1 aromatic rings. The quantitative estimate of drug-likeness (QED) is 0.588. The first-order valence-electron chi connectivity index (χ1n) is 6.28. The van der Waals surface area contributed by atoms with Gasteiger partial charge in [0.15, 0.2) is 0 Å². The maximum absolute atomic E-state index is 11.6. The fraction of sp³-hybridized carbons (Fsp3) is 0.500. The summed E-state index contributed by atoms with van der Waals surface area (Å²) >= 11 is 1.54. The van der Waals surface area contributed by atoms with Crippen molar-refractivity contribution in [1.29, 1.82) is 0 Å². The maximum atomic E-state index is 11.6. The fourth-order valence-electron chi connectivity index (χ4n) is 1.40. The van der Waals surface area contributed by atoms with Crippen molar-refractivity contribution in [1.82, 2.24) is 5.32 Å². The van der Waals surface area contributed by atoms with Crippen LogP contribution in [0.15, 0.2) is 11.4 Å². The maximum Gasteiger partial charge on any atom is 0.222 e. The number of hydrogen-bond donors (Lipinski definition) is 2. The highest BCUT2D eigenvalue weighted by molar-refractivity contribution is 7.10. The van der Waals surface area contributed by atoms with Crippen molar-refractivity contribution in [3.8, 4) is 11.8 Å². The Bertz CT molecular complexity index is 445. The second-order valence-corrected chi connectivity index (χ2v) is 4.86. The van der Waals surface area contributed by atoms with Crippen molar-refractivity contribution < 1.29 is 14.6 Å². The average Bonchev–Trinajstić information content (AvgIpc) is 2.86. The van der Waals surface area contributed by atoms with Crippen LogP contribution < -0.4 is 5.32 Å². The topological polar surface area (TPSA) is 58.6 Å². The molecule has 0 aliphatic heterocycles. The first kappa shape index (κ1) is 15.7. The summed E-state index contributed by atoms with van der Waals surface area (Å²) in [5.41, 5.74) is 0.863. The lowest BCUT2D eigenvalue weighted by Crippen LogP contribution is -2.23. The van der Waals surface area contributed by atoms with Gasteiger partial charge in [0, 0.05) is 23.5 Å². The molecule has 0 unspecified atom stereocenters. The molecule has 0 aliphatic carbocycles.